The van der Waals surface area contributed by atoms with Crippen LogP contribution in [0.4, 0.5) is 13.2 Å². The van der Waals surface area contributed by atoms with E-state index >= 15 is 0 Å². The first-order valence-electron chi connectivity index (χ1n) is 7.07. The highest BCUT2D eigenvalue weighted by molar-refractivity contribution is 5.80. The monoisotopic (exact) mass is 316 g/mol. The molecule has 0 bridgehead atoms. The zero-order valence-electron chi connectivity index (χ0n) is 12.5. The average Bonchev–Trinajstić information content (AvgIpc) is 2.52. The van der Waals surface area contributed by atoms with Crippen molar-refractivity contribution >= 4 is 5.91 Å². The van der Waals surface area contributed by atoms with Crippen molar-refractivity contribution in [2.75, 3.05) is 26.7 Å². The smallest absolute Gasteiger partial charge is 0.400 e. The molecule has 4 nitrogen and oxygen atoms in total. The number of nitrogens with zero attached hydrogens (tertiary/aromatic N) is 1. The Labute approximate surface area is 127 Å². The van der Waals surface area contributed by atoms with E-state index in [-0.39, 0.29) is 6.54 Å². The Balaban J connectivity index is 2.31. The first-order chi connectivity index (χ1) is 10.4. The van der Waals surface area contributed by atoms with Gasteiger partial charge in [0, 0.05) is 25.2 Å². The molecule has 0 aliphatic carbocycles. The summed E-state index contributed by atoms with van der Waals surface area (Å²) < 4.78 is 43.8. The van der Waals surface area contributed by atoms with Gasteiger partial charge in [0.1, 0.15) is 11.7 Å². The normalized spacial score (nSPS) is 20.6. The molecule has 2 atom stereocenters. The number of amides is 1. The van der Waals surface area contributed by atoms with Crippen LogP contribution in [0, 0.1) is 5.92 Å². The number of methoxy groups -OCH3 is 1. The number of hydrogen-bond donors (Lipinski definition) is 1. The largest absolute Gasteiger partial charge is 0.496 e. The van der Waals surface area contributed by atoms with E-state index in [0.29, 0.717) is 24.4 Å². The maximum Gasteiger partial charge on any atom is 0.400 e. The van der Waals surface area contributed by atoms with E-state index in [1.54, 1.807) is 24.3 Å². The third kappa shape index (κ3) is 3.35. The van der Waals surface area contributed by atoms with E-state index in [0.717, 1.165) is 6.92 Å². The highest BCUT2D eigenvalue weighted by atomic mass is 19.4. The van der Waals surface area contributed by atoms with Crippen LogP contribution in [0.2, 0.25) is 0 Å². The second kappa shape index (κ2) is 6.56. The average molecular weight is 316 g/mol. The molecule has 0 saturated carbocycles. The quantitative estimate of drug-likeness (QED) is 0.931. The van der Waals surface area contributed by atoms with Gasteiger partial charge in [0.2, 0.25) is 5.91 Å². The van der Waals surface area contributed by atoms with Crippen LogP contribution in [0.25, 0.3) is 0 Å². The molecule has 1 aliphatic rings. The SMILES string of the molecule is COc1ccccc1C1CNCCN1C(=O)C(C)C(F)(F)F. The number of hydrogen-bond acceptors (Lipinski definition) is 3. The summed E-state index contributed by atoms with van der Waals surface area (Å²) in [6.07, 6.45) is -4.53. The van der Waals surface area contributed by atoms with Crippen LogP contribution in [0.5, 0.6) is 5.75 Å². The number of alkyl halides is 3. The Morgan fingerprint density at radius 2 is 2.09 bits per heavy atom. The minimum atomic E-state index is -4.53. The number of nitrogens with one attached hydrogen (secondary N) is 1. The fourth-order valence-corrected chi connectivity index (χ4v) is 2.58. The molecule has 2 unspecified atom stereocenters. The first kappa shape index (κ1) is 16.6. The molecule has 1 saturated heterocycles. The molecule has 1 aromatic carbocycles. The van der Waals surface area contributed by atoms with Crippen molar-refractivity contribution in [2.45, 2.75) is 19.1 Å². The Hall–Kier alpha value is -1.76. The highest BCUT2D eigenvalue weighted by Crippen LogP contribution is 2.34. The fraction of sp³-hybridized carbons (Fsp3) is 0.533. The Morgan fingerprint density at radius 1 is 1.41 bits per heavy atom. The van der Waals surface area contributed by atoms with Gasteiger partial charge >= 0.3 is 6.18 Å². The maximum absolute atomic E-state index is 12.8. The van der Waals surface area contributed by atoms with Gasteiger partial charge < -0.3 is 15.0 Å². The number of halogens is 3. The van der Waals surface area contributed by atoms with Crippen LogP contribution < -0.4 is 10.1 Å². The lowest BCUT2D eigenvalue weighted by molar-refractivity contribution is -0.187. The Bertz CT molecular complexity index is 534. The summed E-state index contributed by atoms with van der Waals surface area (Å²) >= 11 is 0. The van der Waals surface area contributed by atoms with Gasteiger partial charge in [-0.05, 0) is 13.0 Å². The predicted octanol–water partition coefficient (Wildman–Crippen LogP) is 2.37. The van der Waals surface area contributed by atoms with Crippen LogP contribution in [-0.2, 0) is 4.79 Å². The van der Waals surface area contributed by atoms with Crippen LogP contribution in [0.3, 0.4) is 0 Å². The maximum atomic E-state index is 12.8. The number of carbonyl (C=O) groups excluding carboxylic acids is 1. The molecule has 7 heteroatoms. The van der Waals surface area contributed by atoms with E-state index in [9.17, 15) is 18.0 Å². The number of rotatable bonds is 3. The lowest BCUT2D eigenvalue weighted by Gasteiger charge is -2.38. The van der Waals surface area contributed by atoms with Crippen LogP contribution in [0.15, 0.2) is 24.3 Å². The van der Waals surface area contributed by atoms with Gasteiger partial charge in [0.15, 0.2) is 0 Å². The fourth-order valence-electron chi connectivity index (χ4n) is 2.58. The van der Waals surface area contributed by atoms with E-state index in [1.165, 1.54) is 12.0 Å². The predicted molar refractivity (Wildman–Crippen MR) is 75.5 cm³/mol. The molecular formula is C15H19F3N2O2. The van der Waals surface area contributed by atoms with Crippen molar-refractivity contribution in [2.24, 2.45) is 5.92 Å². The summed E-state index contributed by atoms with van der Waals surface area (Å²) in [5.41, 5.74) is 0.708. The molecular weight excluding hydrogens is 297 g/mol. The number of piperazine rings is 1. The zero-order chi connectivity index (χ0) is 16.3. The standard InChI is InChI=1S/C15H19F3N2O2/c1-10(15(16,17)18)14(21)20-8-7-19-9-12(20)11-5-3-4-6-13(11)22-2/h3-6,10,12,19H,7-9H2,1-2H3. The molecule has 1 fully saturated rings. The molecule has 0 spiro atoms. The number of ether oxygens (including phenoxy) is 1. The van der Waals surface area contributed by atoms with Crippen LogP contribution in [-0.4, -0.2) is 43.7 Å². The lowest BCUT2D eigenvalue weighted by Crippen LogP contribution is -2.52. The molecule has 122 valence electrons. The van der Waals surface area contributed by atoms with Crippen molar-refractivity contribution in [1.82, 2.24) is 10.2 Å². The van der Waals surface area contributed by atoms with Crippen molar-refractivity contribution in [3.05, 3.63) is 29.8 Å². The number of benzene rings is 1. The third-order valence-corrected chi connectivity index (χ3v) is 3.89. The number of para-hydroxylation sites is 1. The second-order valence-electron chi connectivity index (χ2n) is 5.26. The van der Waals surface area contributed by atoms with Gasteiger partial charge in [-0.1, -0.05) is 18.2 Å². The van der Waals surface area contributed by atoms with Gasteiger partial charge in [0.05, 0.1) is 13.2 Å². The molecule has 1 amide bonds. The summed E-state index contributed by atoms with van der Waals surface area (Å²) in [4.78, 5) is 13.6. The van der Waals surface area contributed by atoms with E-state index in [2.05, 4.69) is 5.32 Å². The lowest BCUT2D eigenvalue weighted by atomic mass is 9.99. The van der Waals surface area contributed by atoms with Crippen LogP contribution in [0.1, 0.15) is 18.5 Å². The molecule has 22 heavy (non-hydrogen) atoms. The Morgan fingerprint density at radius 3 is 2.73 bits per heavy atom. The van der Waals surface area contributed by atoms with E-state index in [4.69, 9.17) is 4.74 Å². The molecule has 1 aromatic rings. The van der Waals surface area contributed by atoms with Gasteiger partial charge in [0.25, 0.3) is 0 Å². The third-order valence-electron chi connectivity index (χ3n) is 3.89. The summed E-state index contributed by atoms with van der Waals surface area (Å²) in [5, 5.41) is 3.12. The zero-order valence-corrected chi connectivity index (χ0v) is 12.5. The van der Waals surface area contributed by atoms with Gasteiger partial charge in [-0.15, -0.1) is 0 Å². The molecule has 1 heterocycles. The van der Waals surface area contributed by atoms with Gasteiger partial charge in [-0.25, -0.2) is 0 Å². The van der Waals surface area contributed by atoms with Crippen molar-refractivity contribution in [3.8, 4) is 5.75 Å². The van der Waals surface area contributed by atoms with Crippen molar-refractivity contribution < 1.29 is 22.7 Å². The molecule has 0 aromatic heterocycles. The van der Waals surface area contributed by atoms with E-state index < -0.39 is 24.0 Å². The Kier molecular flexibility index (Phi) is 4.95. The van der Waals surface area contributed by atoms with Gasteiger partial charge in [-0.2, -0.15) is 13.2 Å². The molecule has 2 rings (SSSR count). The topological polar surface area (TPSA) is 41.6 Å². The summed E-state index contributed by atoms with van der Waals surface area (Å²) in [6.45, 7) is 2.02. The van der Waals surface area contributed by atoms with E-state index in [1.807, 2.05) is 0 Å². The first-order valence-corrected chi connectivity index (χ1v) is 7.07. The minimum Gasteiger partial charge on any atom is -0.496 e. The summed E-state index contributed by atoms with van der Waals surface area (Å²) in [6, 6.07) is 6.60. The second-order valence-corrected chi connectivity index (χ2v) is 5.26. The highest BCUT2D eigenvalue weighted by Gasteiger charge is 2.45. The summed E-state index contributed by atoms with van der Waals surface area (Å²) in [5.74, 6) is -2.35. The molecule has 0 radical (unpaired) electrons. The molecule has 1 N–H and O–H groups in total. The minimum absolute atomic E-state index is 0.238. The van der Waals surface area contributed by atoms with Crippen molar-refractivity contribution in [1.29, 1.82) is 0 Å². The summed E-state index contributed by atoms with van der Waals surface area (Å²) in [7, 11) is 1.50. The van der Waals surface area contributed by atoms with Gasteiger partial charge in [-0.3, -0.25) is 4.79 Å². The number of carbonyl (C=O) groups is 1. The van der Waals surface area contributed by atoms with Crippen LogP contribution >= 0.6 is 0 Å². The molecule has 1 aliphatic heterocycles. The van der Waals surface area contributed by atoms with Crippen molar-refractivity contribution in [3.63, 3.8) is 0 Å².